The molecule has 222 valence electrons. The number of hydrogen-bond acceptors (Lipinski definition) is 2. The monoisotopic (exact) mass is 610 g/mol. The summed E-state index contributed by atoms with van der Waals surface area (Å²) in [4.78, 5) is 0. The molecular weight excluding hydrogens is 585 g/mol. The van der Waals surface area contributed by atoms with Gasteiger partial charge in [-0.1, -0.05) is 121 Å². The van der Waals surface area contributed by atoms with Crippen molar-refractivity contribution in [3.8, 4) is 44.9 Å². The fourth-order valence-electron chi connectivity index (χ4n) is 8.14. The van der Waals surface area contributed by atoms with Gasteiger partial charge in [-0.3, -0.25) is 0 Å². The lowest BCUT2D eigenvalue weighted by Crippen LogP contribution is -1.98. The van der Waals surface area contributed by atoms with Crippen molar-refractivity contribution in [2.24, 2.45) is 0 Å². The molecular formula is C46H26O2. The molecule has 1 aromatic heterocycles. The van der Waals surface area contributed by atoms with Crippen LogP contribution < -0.4 is 4.74 Å². The predicted octanol–water partition coefficient (Wildman–Crippen LogP) is 13.3. The first-order valence-electron chi connectivity index (χ1n) is 16.4. The average Bonchev–Trinajstić information content (AvgIpc) is 3.49. The molecule has 0 saturated heterocycles. The van der Waals surface area contributed by atoms with Gasteiger partial charge in [-0.25, -0.2) is 0 Å². The molecule has 48 heavy (non-hydrogen) atoms. The van der Waals surface area contributed by atoms with Gasteiger partial charge in [0.25, 0.3) is 0 Å². The topological polar surface area (TPSA) is 22.4 Å². The van der Waals surface area contributed by atoms with Crippen LogP contribution in [-0.2, 0) is 0 Å². The van der Waals surface area contributed by atoms with Crippen molar-refractivity contribution in [3.05, 3.63) is 158 Å². The summed E-state index contributed by atoms with van der Waals surface area (Å²) in [6.07, 6.45) is 0. The predicted molar refractivity (Wildman–Crippen MR) is 200 cm³/mol. The van der Waals surface area contributed by atoms with Crippen LogP contribution in [0.3, 0.4) is 0 Å². The standard InChI is InChI=1S/C46H26O2/c1-2-11-28-26-43-39(24-27(28)10-1)38-25-29(20-23-41(38)48-43)44-31-13-3-5-15-33(31)45(34-16-6-4-14-32(34)44)37-22-21-36-30-12-7-8-18-40(30)47-42-19-9-17-35(37)46(36)42/h1-26H. The van der Waals surface area contributed by atoms with E-state index in [1.165, 1.54) is 65.5 Å². The van der Waals surface area contributed by atoms with Crippen molar-refractivity contribution >= 4 is 65.0 Å². The molecule has 9 aromatic carbocycles. The van der Waals surface area contributed by atoms with E-state index in [1.54, 1.807) is 0 Å². The molecule has 1 aliphatic heterocycles. The zero-order valence-corrected chi connectivity index (χ0v) is 25.8. The number of rotatable bonds is 2. The largest absolute Gasteiger partial charge is 0.456 e. The van der Waals surface area contributed by atoms with Crippen LogP contribution in [0.2, 0.25) is 0 Å². The molecule has 0 atom stereocenters. The van der Waals surface area contributed by atoms with E-state index in [1.807, 2.05) is 6.07 Å². The maximum Gasteiger partial charge on any atom is 0.136 e. The smallest absolute Gasteiger partial charge is 0.136 e. The second kappa shape index (κ2) is 9.57. The maximum absolute atomic E-state index is 6.47. The molecule has 1 aliphatic rings. The number of furan rings is 1. The van der Waals surface area contributed by atoms with Gasteiger partial charge in [-0.05, 0) is 102 Å². The maximum atomic E-state index is 6.47. The molecule has 11 rings (SSSR count). The van der Waals surface area contributed by atoms with E-state index in [-0.39, 0.29) is 0 Å². The highest BCUT2D eigenvalue weighted by Gasteiger charge is 2.24. The van der Waals surface area contributed by atoms with E-state index in [9.17, 15) is 0 Å². The van der Waals surface area contributed by atoms with E-state index < -0.39 is 0 Å². The van der Waals surface area contributed by atoms with Gasteiger partial charge in [0.15, 0.2) is 0 Å². The van der Waals surface area contributed by atoms with E-state index in [2.05, 4.69) is 152 Å². The van der Waals surface area contributed by atoms with Gasteiger partial charge >= 0.3 is 0 Å². The zero-order valence-electron chi connectivity index (χ0n) is 25.8. The molecule has 0 spiro atoms. The molecule has 0 aliphatic carbocycles. The highest BCUT2D eigenvalue weighted by atomic mass is 16.5. The minimum absolute atomic E-state index is 0.904. The Labute approximate surface area is 276 Å². The van der Waals surface area contributed by atoms with Crippen LogP contribution >= 0.6 is 0 Å². The van der Waals surface area contributed by atoms with E-state index >= 15 is 0 Å². The van der Waals surface area contributed by atoms with Crippen LogP contribution in [0.25, 0.3) is 98.4 Å². The van der Waals surface area contributed by atoms with Crippen molar-refractivity contribution in [3.63, 3.8) is 0 Å². The molecule has 2 heteroatoms. The third kappa shape index (κ3) is 3.52. The van der Waals surface area contributed by atoms with Crippen molar-refractivity contribution < 1.29 is 9.15 Å². The summed E-state index contributed by atoms with van der Waals surface area (Å²) in [7, 11) is 0. The van der Waals surface area contributed by atoms with Crippen molar-refractivity contribution in [2.75, 3.05) is 0 Å². The summed E-state index contributed by atoms with van der Waals surface area (Å²) in [5, 5.41) is 11.9. The number of hydrogen-bond donors (Lipinski definition) is 0. The van der Waals surface area contributed by atoms with Gasteiger partial charge in [-0.15, -0.1) is 0 Å². The summed E-state index contributed by atoms with van der Waals surface area (Å²) >= 11 is 0. The molecule has 10 aromatic rings. The summed E-state index contributed by atoms with van der Waals surface area (Å²) in [5.41, 5.74) is 9.04. The lowest BCUT2D eigenvalue weighted by atomic mass is 9.83. The third-order valence-electron chi connectivity index (χ3n) is 10.2. The Morgan fingerprint density at radius 3 is 1.73 bits per heavy atom. The lowest BCUT2D eigenvalue weighted by Gasteiger charge is -2.24. The van der Waals surface area contributed by atoms with Crippen molar-refractivity contribution in [2.45, 2.75) is 0 Å². The SMILES string of the molecule is c1ccc2c(c1)Oc1cccc3c(-c4c5ccccc5c(-c5ccc6oc7cc8ccccc8cc7c6c5)c5ccccc45)ccc-2c13. The second-order valence-corrected chi connectivity index (χ2v) is 12.8. The van der Waals surface area contributed by atoms with E-state index in [0.717, 1.165) is 44.4 Å². The highest BCUT2D eigenvalue weighted by molar-refractivity contribution is 6.25. The molecule has 0 saturated carbocycles. The molecule has 0 N–H and O–H groups in total. The number of benzene rings is 9. The van der Waals surface area contributed by atoms with E-state index in [0.29, 0.717) is 0 Å². The first-order valence-corrected chi connectivity index (χ1v) is 16.4. The fourth-order valence-corrected chi connectivity index (χ4v) is 8.14. The fraction of sp³-hybridized carbons (Fsp3) is 0. The van der Waals surface area contributed by atoms with Gasteiger partial charge in [0.05, 0.1) is 0 Å². The average molecular weight is 611 g/mol. The van der Waals surface area contributed by atoms with Crippen LogP contribution in [0, 0.1) is 0 Å². The lowest BCUT2D eigenvalue weighted by molar-refractivity contribution is 0.487. The zero-order chi connectivity index (χ0) is 31.3. The Hall–Kier alpha value is -6.38. The van der Waals surface area contributed by atoms with Crippen LogP contribution in [-0.4, -0.2) is 0 Å². The minimum Gasteiger partial charge on any atom is -0.456 e. The van der Waals surface area contributed by atoms with Gasteiger partial charge in [0, 0.05) is 21.7 Å². The Balaban J connectivity index is 1.21. The molecule has 2 nitrogen and oxygen atoms in total. The van der Waals surface area contributed by atoms with Crippen LogP contribution in [0.5, 0.6) is 11.5 Å². The molecule has 0 bridgehead atoms. The minimum atomic E-state index is 0.904. The van der Waals surface area contributed by atoms with Gasteiger partial charge < -0.3 is 9.15 Å². The molecule has 0 unspecified atom stereocenters. The van der Waals surface area contributed by atoms with Crippen LogP contribution in [0.15, 0.2) is 162 Å². The first kappa shape index (κ1) is 25.8. The number of para-hydroxylation sites is 1. The molecule has 0 amide bonds. The van der Waals surface area contributed by atoms with Crippen LogP contribution in [0.1, 0.15) is 0 Å². The molecule has 2 heterocycles. The Kier molecular flexibility index (Phi) is 5.14. The van der Waals surface area contributed by atoms with Gasteiger partial charge in [-0.2, -0.15) is 0 Å². The Bertz CT molecular complexity index is 2920. The summed E-state index contributed by atoms with van der Waals surface area (Å²) in [6.45, 7) is 0. The highest BCUT2D eigenvalue weighted by Crippen LogP contribution is 2.51. The number of fused-ring (bicyclic) bond motifs is 8. The van der Waals surface area contributed by atoms with Crippen molar-refractivity contribution in [1.82, 2.24) is 0 Å². The third-order valence-corrected chi connectivity index (χ3v) is 10.2. The Morgan fingerprint density at radius 2 is 0.938 bits per heavy atom. The Morgan fingerprint density at radius 1 is 0.333 bits per heavy atom. The van der Waals surface area contributed by atoms with Gasteiger partial charge in [0.1, 0.15) is 22.7 Å². The van der Waals surface area contributed by atoms with Crippen LogP contribution in [0.4, 0.5) is 0 Å². The van der Waals surface area contributed by atoms with E-state index in [4.69, 9.17) is 9.15 Å². The number of ether oxygens (including phenoxy) is 1. The normalized spacial score (nSPS) is 12.3. The summed E-state index contributed by atoms with van der Waals surface area (Å²) in [5.74, 6) is 1.81. The van der Waals surface area contributed by atoms with Gasteiger partial charge in [0.2, 0.25) is 0 Å². The quantitative estimate of drug-likeness (QED) is 0.182. The summed E-state index contributed by atoms with van der Waals surface area (Å²) < 4.78 is 12.9. The second-order valence-electron chi connectivity index (χ2n) is 12.8. The van der Waals surface area contributed by atoms with Crippen molar-refractivity contribution in [1.29, 1.82) is 0 Å². The first-order chi connectivity index (χ1) is 23.8. The molecule has 0 radical (unpaired) electrons. The molecule has 0 fully saturated rings. The summed E-state index contributed by atoms with van der Waals surface area (Å²) in [6, 6.07) is 56.7.